The van der Waals surface area contributed by atoms with E-state index in [1.165, 1.54) is 4.90 Å². The van der Waals surface area contributed by atoms with Gasteiger partial charge in [0, 0.05) is 30.4 Å². The van der Waals surface area contributed by atoms with Gasteiger partial charge in [0.15, 0.2) is 6.19 Å². The summed E-state index contributed by atoms with van der Waals surface area (Å²) in [4.78, 5) is 12.2. The van der Waals surface area contributed by atoms with Crippen LogP contribution in [0, 0.1) is 11.5 Å². The highest BCUT2D eigenvalue weighted by molar-refractivity contribution is 7.98. The lowest BCUT2D eigenvalue weighted by Gasteiger charge is -2.06. The molecule has 7 heteroatoms. The Morgan fingerprint density at radius 1 is 1.81 bits per heavy atom. The predicted molar refractivity (Wildman–Crippen MR) is 64.6 cm³/mol. The Balaban J connectivity index is 2.15. The molecule has 3 N–H and O–H groups in total. The lowest BCUT2D eigenvalue weighted by molar-refractivity contribution is 0.695. The van der Waals surface area contributed by atoms with Crippen LogP contribution in [0.2, 0.25) is 0 Å². The summed E-state index contributed by atoms with van der Waals surface area (Å²) in [5, 5.41) is 8.53. The van der Waals surface area contributed by atoms with Crippen molar-refractivity contribution in [2.45, 2.75) is 5.75 Å². The van der Waals surface area contributed by atoms with E-state index in [4.69, 9.17) is 11.0 Å². The number of nitrogens with zero attached hydrogens (tertiary/aromatic N) is 4. The molecule has 1 aromatic heterocycles. The number of imidazole rings is 1. The maximum atomic E-state index is 8.53. The molecule has 0 radical (unpaired) electrons. The van der Waals surface area contributed by atoms with Crippen molar-refractivity contribution in [3.63, 3.8) is 0 Å². The van der Waals surface area contributed by atoms with Crippen molar-refractivity contribution in [3.8, 4) is 6.19 Å². The molecule has 16 heavy (non-hydrogen) atoms. The maximum absolute atomic E-state index is 8.53. The molecular formula is C9H14N6S. The van der Waals surface area contributed by atoms with Crippen LogP contribution in [0.1, 0.15) is 5.69 Å². The number of aromatic nitrogens is 2. The number of hydrogen-bond acceptors (Lipinski definition) is 4. The first-order valence-corrected chi connectivity index (χ1v) is 5.88. The summed E-state index contributed by atoms with van der Waals surface area (Å²) in [5.41, 5.74) is 6.63. The number of nitrogens with one attached hydrogen (secondary N) is 1. The SMILES string of the molecule is CN(C#N)C(N)=NCCSCc1cnc[nH]1. The number of nitrogens with two attached hydrogens (primary N) is 1. The molecule has 0 atom stereocenters. The molecule has 0 unspecified atom stereocenters. The molecule has 0 spiro atoms. The number of aliphatic imine (C=N–C) groups is 1. The second kappa shape index (κ2) is 6.74. The highest BCUT2D eigenvalue weighted by Crippen LogP contribution is 2.08. The summed E-state index contributed by atoms with van der Waals surface area (Å²) in [5.74, 6) is 1.99. The third-order valence-corrected chi connectivity index (χ3v) is 2.80. The van der Waals surface area contributed by atoms with E-state index in [2.05, 4.69) is 15.0 Å². The smallest absolute Gasteiger partial charge is 0.204 e. The van der Waals surface area contributed by atoms with Crippen LogP contribution in [-0.2, 0) is 5.75 Å². The third kappa shape index (κ3) is 4.23. The first-order valence-electron chi connectivity index (χ1n) is 4.72. The fourth-order valence-corrected chi connectivity index (χ4v) is 1.67. The number of rotatable bonds is 5. The summed E-state index contributed by atoms with van der Waals surface area (Å²) >= 11 is 1.74. The normalized spacial score (nSPS) is 11.1. The average Bonchev–Trinajstić information content (AvgIpc) is 2.80. The number of thioether (sulfide) groups is 1. The monoisotopic (exact) mass is 238 g/mol. The Hall–Kier alpha value is -1.68. The van der Waals surface area contributed by atoms with Crippen LogP contribution in [0.4, 0.5) is 0 Å². The lowest BCUT2D eigenvalue weighted by Crippen LogP contribution is -2.30. The second-order valence-electron chi connectivity index (χ2n) is 3.03. The van der Waals surface area contributed by atoms with Crippen LogP contribution < -0.4 is 5.73 Å². The number of nitriles is 1. The largest absolute Gasteiger partial charge is 0.369 e. The summed E-state index contributed by atoms with van der Waals surface area (Å²) in [6.45, 7) is 0.608. The zero-order valence-electron chi connectivity index (χ0n) is 9.05. The number of H-pyrrole nitrogens is 1. The average molecular weight is 238 g/mol. The number of aromatic amines is 1. The second-order valence-corrected chi connectivity index (χ2v) is 4.13. The van der Waals surface area contributed by atoms with Gasteiger partial charge in [-0.2, -0.15) is 17.0 Å². The van der Waals surface area contributed by atoms with Crippen molar-refractivity contribution in [1.82, 2.24) is 14.9 Å². The molecule has 86 valence electrons. The summed E-state index contributed by atoms with van der Waals surface area (Å²) in [6, 6.07) is 0. The van der Waals surface area contributed by atoms with Gasteiger partial charge >= 0.3 is 0 Å². The topological polar surface area (TPSA) is 94.1 Å². The van der Waals surface area contributed by atoms with Gasteiger partial charge in [0.2, 0.25) is 5.96 Å². The standard InChI is InChI=1S/C9H14N6S/c1-15(6-10)9(11)13-2-3-16-5-8-4-12-7-14-8/h4,7H,2-3,5H2,1H3,(H2,11,13)(H,12,14). The first kappa shape index (κ1) is 12.4. The molecule has 1 aromatic rings. The van der Waals surface area contributed by atoms with Crippen LogP contribution in [0.25, 0.3) is 0 Å². The van der Waals surface area contributed by atoms with Crippen molar-refractivity contribution >= 4 is 17.7 Å². The van der Waals surface area contributed by atoms with Crippen molar-refractivity contribution in [2.75, 3.05) is 19.3 Å². The van der Waals surface area contributed by atoms with Crippen LogP contribution in [0.5, 0.6) is 0 Å². The minimum absolute atomic E-state index is 0.254. The van der Waals surface area contributed by atoms with E-state index >= 15 is 0 Å². The van der Waals surface area contributed by atoms with Gasteiger partial charge in [-0.05, 0) is 0 Å². The van der Waals surface area contributed by atoms with E-state index in [0.29, 0.717) is 6.54 Å². The van der Waals surface area contributed by atoms with Crippen LogP contribution in [0.3, 0.4) is 0 Å². The van der Waals surface area contributed by atoms with Gasteiger partial charge in [0.05, 0.1) is 12.9 Å². The minimum Gasteiger partial charge on any atom is -0.369 e. The molecule has 0 saturated heterocycles. The van der Waals surface area contributed by atoms with Crippen molar-refractivity contribution in [2.24, 2.45) is 10.7 Å². The number of guanidine groups is 1. The van der Waals surface area contributed by atoms with Crippen molar-refractivity contribution < 1.29 is 0 Å². The van der Waals surface area contributed by atoms with Gasteiger partial charge in [-0.3, -0.25) is 9.89 Å². The van der Waals surface area contributed by atoms with Gasteiger partial charge < -0.3 is 10.7 Å². The molecule has 0 amide bonds. The van der Waals surface area contributed by atoms with E-state index < -0.39 is 0 Å². The van der Waals surface area contributed by atoms with E-state index in [1.807, 2.05) is 6.19 Å². The molecule has 0 saturated carbocycles. The summed E-state index contributed by atoms with van der Waals surface area (Å²) in [7, 11) is 1.58. The Kier molecular flexibility index (Phi) is 5.22. The molecule has 0 bridgehead atoms. The van der Waals surface area contributed by atoms with Crippen LogP contribution in [0.15, 0.2) is 17.5 Å². The van der Waals surface area contributed by atoms with E-state index in [1.54, 1.807) is 31.3 Å². The van der Waals surface area contributed by atoms with Crippen LogP contribution >= 0.6 is 11.8 Å². The Morgan fingerprint density at radius 2 is 2.62 bits per heavy atom. The van der Waals surface area contributed by atoms with Gasteiger partial charge in [-0.1, -0.05) is 0 Å². The highest BCUT2D eigenvalue weighted by atomic mass is 32.2. The zero-order valence-corrected chi connectivity index (χ0v) is 9.87. The van der Waals surface area contributed by atoms with E-state index in [9.17, 15) is 0 Å². The van der Waals surface area contributed by atoms with Crippen molar-refractivity contribution in [1.29, 1.82) is 5.26 Å². The quantitative estimate of drug-likeness (QED) is 0.254. The highest BCUT2D eigenvalue weighted by Gasteiger charge is 1.98. The summed E-state index contributed by atoms with van der Waals surface area (Å²) < 4.78 is 0. The Bertz CT molecular complexity index is 366. The third-order valence-electron chi connectivity index (χ3n) is 1.82. The number of hydrogen-bond donors (Lipinski definition) is 2. The molecule has 1 rings (SSSR count). The maximum Gasteiger partial charge on any atom is 0.204 e. The summed E-state index contributed by atoms with van der Waals surface area (Å²) in [6.07, 6.45) is 5.35. The molecule has 0 aromatic carbocycles. The Morgan fingerprint density at radius 3 is 3.25 bits per heavy atom. The fourth-order valence-electron chi connectivity index (χ4n) is 0.928. The minimum atomic E-state index is 0.254. The van der Waals surface area contributed by atoms with Gasteiger partial charge in [0.25, 0.3) is 0 Å². The molecule has 1 heterocycles. The predicted octanol–water partition coefficient (Wildman–Crippen LogP) is 0.370. The fraction of sp³-hybridized carbons (Fsp3) is 0.444. The molecule has 0 fully saturated rings. The van der Waals surface area contributed by atoms with E-state index in [0.717, 1.165) is 17.2 Å². The first-order chi connectivity index (χ1) is 7.74. The molecule has 6 nitrogen and oxygen atoms in total. The molecule has 0 aliphatic carbocycles. The van der Waals surface area contributed by atoms with Crippen molar-refractivity contribution in [3.05, 3.63) is 18.2 Å². The van der Waals surface area contributed by atoms with Crippen LogP contribution in [-0.4, -0.2) is 40.2 Å². The van der Waals surface area contributed by atoms with Gasteiger partial charge in [0.1, 0.15) is 0 Å². The van der Waals surface area contributed by atoms with Gasteiger partial charge in [-0.15, -0.1) is 0 Å². The zero-order chi connectivity index (χ0) is 11.8. The molecule has 0 aliphatic rings. The molecule has 0 aliphatic heterocycles. The van der Waals surface area contributed by atoms with E-state index in [-0.39, 0.29) is 5.96 Å². The van der Waals surface area contributed by atoms with Gasteiger partial charge in [-0.25, -0.2) is 4.98 Å². The lowest BCUT2D eigenvalue weighted by atomic mass is 10.6. The Labute approximate surface area is 98.6 Å². The molecular weight excluding hydrogens is 224 g/mol.